The highest BCUT2D eigenvalue weighted by Crippen LogP contribution is 2.26. The number of nitrogens with one attached hydrogen (secondary N) is 1. The van der Waals surface area contributed by atoms with E-state index in [0.717, 1.165) is 10.9 Å². The minimum absolute atomic E-state index is 0.0412. The summed E-state index contributed by atoms with van der Waals surface area (Å²) in [5, 5.41) is 18.1. The first-order valence-electron chi connectivity index (χ1n) is 5.04. The highest BCUT2D eigenvalue weighted by atomic mass is 16.6. The molecule has 0 atom stereocenters. The van der Waals surface area contributed by atoms with Crippen molar-refractivity contribution in [3.8, 4) is 0 Å². The minimum atomic E-state index is -0.417. The molecule has 0 bridgehead atoms. The second kappa shape index (κ2) is 4.25. The molecule has 0 spiro atoms. The molecule has 2 aromatic rings. The van der Waals surface area contributed by atoms with Gasteiger partial charge in [0.15, 0.2) is 0 Å². The first kappa shape index (κ1) is 11.1. The van der Waals surface area contributed by atoms with Crippen LogP contribution in [0.1, 0.15) is 5.56 Å². The Morgan fingerprint density at radius 2 is 2.24 bits per heavy atom. The molecule has 1 N–H and O–H groups in total. The van der Waals surface area contributed by atoms with Crippen LogP contribution in [-0.2, 0) is 0 Å². The van der Waals surface area contributed by atoms with E-state index >= 15 is 0 Å². The Hall–Kier alpha value is -2.37. The summed E-state index contributed by atoms with van der Waals surface area (Å²) in [4.78, 5) is 12.3. The van der Waals surface area contributed by atoms with Gasteiger partial charge in [-0.1, -0.05) is 0 Å². The molecular formula is C11H12N4O2. The topological polar surface area (TPSA) is 75.1 Å². The first-order chi connectivity index (χ1) is 8.09. The van der Waals surface area contributed by atoms with Gasteiger partial charge in [0.2, 0.25) is 0 Å². The molecule has 0 radical (unpaired) electrons. The van der Waals surface area contributed by atoms with E-state index in [0.29, 0.717) is 5.52 Å². The highest BCUT2D eigenvalue weighted by Gasteiger charge is 2.14. The Kier molecular flexibility index (Phi) is 2.78. The summed E-state index contributed by atoms with van der Waals surface area (Å²) in [7, 11) is 3.82. The van der Waals surface area contributed by atoms with E-state index in [2.05, 4.69) is 10.2 Å². The summed E-state index contributed by atoms with van der Waals surface area (Å²) in [6.45, 7) is 0. The van der Waals surface area contributed by atoms with E-state index < -0.39 is 4.92 Å². The number of nitro benzene ring substituents is 1. The molecule has 0 aliphatic rings. The van der Waals surface area contributed by atoms with Crippen molar-refractivity contribution in [2.24, 2.45) is 0 Å². The second-order valence-electron chi connectivity index (χ2n) is 3.87. The molecule has 0 saturated carbocycles. The van der Waals surface area contributed by atoms with Crippen LogP contribution in [0.5, 0.6) is 0 Å². The number of aromatic nitrogens is 2. The van der Waals surface area contributed by atoms with Gasteiger partial charge in [-0.2, -0.15) is 5.10 Å². The van der Waals surface area contributed by atoms with Gasteiger partial charge < -0.3 is 4.90 Å². The average Bonchev–Trinajstić information content (AvgIpc) is 2.73. The zero-order valence-corrected chi connectivity index (χ0v) is 9.54. The average molecular weight is 232 g/mol. The van der Waals surface area contributed by atoms with Gasteiger partial charge in [-0.05, 0) is 23.9 Å². The largest absolute Gasteiger partial charge is 0.383 e. The van der Waals surface area contributed by atoms with Crippen LogP contribution in [0.3, 0.4) is 0 Å². The summed E-state index contributed by atoms with van der Waals surface area (Å²) in [6.07, 6.45) is 5.37. The van der Waals surface area contributed by atoms with Crippen LogP contribution in [0.15, 0.2) is 24.5 Å². The van der Waals surface area contributed by atoms with Gasteiger partial charge in [0.1, 0.15) is 5.52 Å². The van der Waals surface area contributed by atoms with E-state index in [1.807, 2.05) is 31.3 Å². The Labute approximate surface area is 97.7 Å². The van der Waals surface area contributed by atoms with E-state index in [-0.39, 0.29) is 5.69 Å². The zero-order chi connectivity index (χ0) is 12.4. The highest BCUT2D eigenvalue weighted by molar-refractivity contribution is 5.93. The van der Waals surface area contributed by atoms with Crippen molar-refractivity contribution in [1.82, 2.24) is 15.1 Å². The lowest BCUT2D eigenvalue weighted by molar-refractivity contribution is -0.383. The summed E-state index contributed by atoms with van der Waals surface area (Å²) in [6, 6.07) is 3.20. The maximum atomic E-state index is 10.8. The smallest absolute Gasteiger partial charge is 0.294 e. The molecule has 6 heteroatoms. The Morgan fingerprint density at radius 3 is 2.88 bits per heavy atom. The summed E-state index contributed by atoms with van der Waals surface area (Å²) in [5.41, 5.74) is 1.39. The fraction of sp³-hybridized carbons (Fsp3) is 0.182. The lowest BCUT2D eigenvalue weighted by atomic mass is 10.1. The maximum Gasteiger partial charge on any atom is 0.294 e. The molecule has 0 aliphatic heterocycles. The normalized spacial score (nSPS) is 11.2. The number of nitrogens with zero attached hydrogens (tertiary/aromatic N) is 3. The Bertz CT molecular complexity index is 586. The van der Waals surface area contributed by atoms with Crippen molar-refractivity contribution in [1.29, 1.82) is 0 Å². The predicted molar refractivity (Wildman–Crippen MR) is 65.5 cm³/mol. The fourth-order valence-corrected chi connectivity index (χ4v) is 1.57. The predicted octanol–water partition coefficient (Wildman–Crippen LogP) is 2.00. The molecule has 1 aromatic heterocycles. The molecule has 88 valence electrons. The number of aromatic amines is 1. The van der Waals surface area contributed by atoms with Crippen LogP contribution < -0.4 is 0 Å². The van der Waals surface area contributed by atoms with Crippen LogP contribution in [0.4, 0.5) is 5.69 Å². The van der Waals surface area contributed by atoms with Crippen LogP contribution in [0.25, 0.3) is 17.0 Å². The van der Waals surface area contributed by atoms with Crippen molar-refractivity contribution in [3.63, 3.8) is 0 Å². The van der Waals surface area contributed by atoms with Crippen molar-refractivity contribution in [2.45, 2.75) is 0 Å². The van der Waals surface area contributed by atoms with Gasteiger partial charge >= 0.3 is 0 Å². The Morgan fingerprint density at radius 1 is 1.47 bits per heavy atom. The molecular weight excluding hydrogens is 220 g/mol. The molecule has 1 heterocycles. The van der Waals surface area contributed by atoms with E-state index in [4.69, 9.17) is 0 Å². The number of fused-ring (bicyclic) bond motifs is 1. The van der Waals surface area contributed by atoms with Crippen molar-refractivity contribution >= 4 is 22.7 Å². The minimum Gasteiger partial charge on any atom is -0.383 e. The molecule has 0 unspecified atom stereocenters. The third-order valence-electron chi connectivity index (χ3n) is 2.38. The van der Waals surface area contributed by atoms with E-state index in [1.165, 1.54) is 6.07 Å². The number of H-pyrrole nitrogens is 1. The van der Waals surface area contributed by atoms with Crippen molar-refractivity contribution in [2.75, 3.05) is 14.1 Å². The van der Waals surface area contributed by atoms with Gasteiger partial charge in [-0.15, -0.1) is 0 Å². The second-order valence-corrected chi connectivity index (χ2v) is 3.87. The standard InChI is InChI=1S/C11H12N4O2/c1-14(2)6-5-8-3-4-10(15(16)17)11-9(8)7-12-13-11/h3-7H,1-2H3,(H,12,13)/b6-5+. The van der Waals surface area contributed by atoms with Gasteiger partial charge in [0.05, 0.1) is 11.1 Å². The molecule has 0 amide bonds. The molecule has 2 rings (SSSR count). The molecule has 6 nitrogen and oxygen atoms in total. The van der Waals surface area contributed by atoms with Crippen LogP contribution in [0.2, 0.25) is 0 Å². The van der Waals surface area contributed by atoms with Crippen LogP contribution >= 0.6 is 0 Å². The van der Waals surface area contributed by atoms with Crippen molar-refractivity contribution < 1.29 is 4.92 Å². The number of rotatable bonds is 3. The maximum absolute atomic E-state index is 10.8. The summed E-state index contributed by atoms with van der Waals surface area (Å²) < 4.78 is 0. The number of hydrogen-bond donors (Lipinski definition) is 1. The van der Waals surface area contributed by atoms with E-state index in [9.17, 15) is 10.1 Å². The summed E-state index contributed by atoms with van der Waals surface area (Å²) in [5.74, 6) is 0. The van der Waals surface area contributed by atoms with Gasteiger partial charge in [0.25, 0.3) is 5.69 Å². The quantitative estimate of drug-likeness (QED) is 0.648. The molecule has 0 aliphatic carbocycles. The van der Waals surface area contributed by atoms with E-state index in [1.54, 1.807) is 12.3 Å². The third-order valence-corrected chi connectivity index (χ3v) is 2.38. The van der Waals surface area contributed by atoms with Crippen LogP contribution in [-0.4, -0.2) is 34.1 Å². The van der Waals surface area contributed by atoms with Gasteiger partial charge in [-0.3, -0.25) is 15.2 Å². The monoisotopic (exact) mass is 232 g/mol. The zero-order valence-electron chi connectivity index (χ0n) is 9.54. The lowest BCUT2D eigenvalue weighted by Gasteiger charge is -2.03. The van der Waals surface area contributed by atoms with Gasteiger partial charge in [0, 0.05) is 25.5 Å². The SMILES string of the molecule is CN(C)/C=C/c1ccc([N+](=O)[O-])c2[nH]ncc12. The number of nitro groups is 1. The molecule has 0 saturated heterocycles. The summed E-state index contributed by atoms with van der Waals surface area (Å²) >= 11 is 0. The number of hydrogen-bond acceptors (Lipinski definition) is 4. The molecule has 17 heavy (non-hydrogen) atoms. The number of benzene rings is 1. The third kappa shape index (κ3) is 2.10. The van der Waals surface area contributed by atoms with Crippen LogP contribution in [0, 0.1) is 10.1 Å². The van der Waals surface area contributed by atoms with Gasteiger partial charge in [-0.25, -0.2) is 0 Å². The molecule has 0 fully saturated rings. The van der Waals surface area contributed by atoms with Crippen molar-refractivity contribution in [3.05, 3.63) is 40.2 Å². The number of non-ortho nitro benzene ring substituents is 1. The molecule has 1 aromatic carbocycles. The lowest BCUT2D eigenvalue weighted by Crippen LogP contribution is -1.99. The fourth-order valence-electron chi connectivity index (χ4n) is 1.57. The Balaban J connectivity index is 2.57. The first-order valence-corrected chi connectivity index (χ1v) is 5.04.